The number of hydrogen-bond acceptors (Lipinski definition) is 2. The van der Waals surface area contributed by atoms with E-state index in [9.17, 15) is 0 Å². The summed E-state index contributed by atoms with van der Waals surface area (Å²) >= 11 is 3.57. The number of aromatic nitrogens is 3. The molecule has 3 nitrogen and oxygen atoms in total. The van der Waals surface area contributed by atoms with Crippen molar-refractivity contribution < 1.29 is 0 Å². The minimum absolute atomic E-state index is 0.857. The topological polar surface area (TPSA) is 30.7 Å². The first-order chi connectivity index (χ1) is 9.19. The van der Waals surface area contributed by atoms with Crippen LogP contribution in [0.15, 0.2) is 41.0 Å². The van der Waals surface area contributed by atoms with Gasteiger partial charge in [0.25, 0.3) is 0 Å². The van der Waals surface area contributed by atoms with Crippen LogP contribution in [0.3, 0.4) is 0 Å². The van der Waals surface area contributed by atoms with Gasteiger partial charge in [-0.3, -0.25) is 0 Å². The summed E-state index contributed by atoms with van der Waals surface area (Å²) in [5.41, 5.74) is 3.37. The third kappa shape index (κ3) is 2.16. The monoisotopic (exact) mass is 315 g/mol. The van der Waals surface area contributed by atoms with E-state index in [-0.39, 0.29) is 0 Å². The van der Waals surface area contributed by atoms with E-state index < -0.39 is 0 Å². The number of rotatable bonds is 2. The summed E-state index contributed by atoms with van der Waals surface area (Å²) in [6.45, 7) is 4.14. The Morgan fingerprint density at radius 1 is 1.26 bits per heavy atom. The van der Waals surface area contributed by atoms with Crippen molar-refractivity contribution in [3.63, 3.8) is 0 Å². The summed E-state index contributed by atoms with van der Waals surface area (Å²) in [5, 5.41) is 5.68. The normalized spacial score (nSPS) is 11.1. The molecule has 0 amide bonds. The number of aryl methyl sites for hydroxylation is 2. The largest absolute Gasteiger partial charge is 0.234 e. The number of pyridine rings is 1. The zero-order chi connectivity index (χ0) is 13.4. The predicted octanol–water partition coefficient (Wildman–Crippen LogP) is 4.05. The van der Waals surface area contributed by atoms with Crippen molar-refractivity contribution in [2.75, 3.05) is 0 Å². The lowest BCUT2D eigenvalue weighted by atomic mass is 10.1. The number of benzene rings is 1. The van der Waals surface area contributed by atoms with Crippen LogP contribution in [-0.4, -0.2) is 14.8 Å². The Hall–Kier alpha value is -1.68. The zero-order valence-electron chi connectivity index (χ0n) is 10.9. The summed E-state index contributed by atoms with van der Waals surface area (Å²) in [4.78, 5) is 4.54. The smallest absolute Gasteiger partial charge is 0.154 e. The first kappa shape index (κ1) is 12.4. The Bertz CT molecular complexity index is 746. The van der Waals surface area contributed by atoms with Gasteiger partial charge in [0.15, 0.2) is 5.82 Å². The lowest BCUT2D eigenvalue weighted by Gasteiger charge is -2.05. The number of hydrogen-bond donors (Lipinski definition) is 0. The fourth-order valence-electron chi connectivity index (χ4n) is 2.28. The van der Waals surface area contributed by atoms with Gasteiger partial charge in [-0.25, -0.2) is 9.67 Å². The van der Waals surface area contributed by atoms with Gasteiger partial charge in [-0.2, -0.15) is 5.10 Å². The lowest BCUT2D eigenvalue weighted by Crippen LogP contribution is -2.00. The maximum Gasteiger partial charge on any atom is 0.154 e. The van der Waals surface area contributed by atoms with Crippen molar-refractivity contribution in [3.05, 3.63) is 52.3 Å². The van der Waals surface area contributed by atoms with Crippen LogP contribution in [0.25, 0.3) is 16.7 Å². The van der Waals surface area contributed by atoms with Gasteiger partial charge in [0.1, 0.15) is 0 Å². The summed E-state index contributed by atoms with van der Waals surface area (Å²) in [6.07, 6.45) is 2.91. The van der Waals surface area contributed by atoms with Crippen molar-refractivity contribution in [1.82, 2.24) is 14.8 Å². The van der Waals surface area contributed by atoms with Crippen molar-refractivity contribution >= 4 is 26.8 Å². The standard InChI is InChI=1S/C15H14BrN3/c1-3-11-7-12(16)8-14-13(11)9-17-19(14)15-6-4-5-10(2)18-15/h4-9H,3H2,1-2H3. The molecule has 0 bridgehead atoms. The van der Waals surface area contributed by atoms with E-state index in [1.807, 2.05) is 36.0 Å². The number of fused-ring (bicyclic) bond motifs is 1. The summed E-state index contributed by atoms with van der Waals surface area (Å²) < 4.78 is 2.97. The molecule has 0 aliphatic heterocycles. The van der Waals surface area contributed by atoms with Gasteiger partial charge in [-0.1, -0.05) is 28.9 Å². The Labute approximate surface area is 120 Å². The predicted molar refractivity (Wildman–Crippen MR) is 80.7 cm³/mol. The molecule has 19 heavy (non-hydrogen) atoms. The molecule has 0 radical (unpaired) electrons. The van der Waals surface area contributed by atoms with Gasteiger partial charge in [-0.05, 0) is 43.2 Å². The van der Waals surface area contributed by atoms with E-state index in [1.54, 1.807) is 0 Å². The second-order valence-electron chi connectivity index (χ2n) is 4.54. The Morgan fingerprint density at radius 2 is 2.11 bits per heavy atom. The van der Waals surface area contributed by atoms with Crippen LogP contribution < -0.4 is 0 Å². The maximum atomic E-state index is 4.54. The molecule has 0 aliphatic rings. The molecule has 4 heteroatoms. The van der Waals surface area contributed by atoms with Crippen LogP contribution in [0, 0.1) is 6.92 Å². The van der Waals surface area contributed by atoms with Crippen LogP contribution in [0.5, 0.6) is 0 Å². The van der Waals surface area contributed by atoms with Gasteiger partial charge in [0, 0.05) is 15.6 Å². The van der Waals surface area contributed by atoms with Crippen molar-refractivity contribution in [1.29, 1.82) is 0 Å². The van der Waals surface area contributed by atoms with Gasteiger partial charge in [-0.15, -0.1) is 0 Å². The molecule has 0 saturated carbocycles. The summed E-state index contributed by atoms with van der Waals surface area (Å²) in [6, 6.07) is 10.2. The highest BCUT2D eigenvalue weighted by atomic mass is 79.9. The van der Waals surface area contributed by atoms with E-state index >= 15 is 0 Å². The van der Waals surface area contributed by atoms with Gasteiger partial charge >= 0.3 is 0 Å². The van der Waals surface area contributed by atoms with E-state index in [2.05, 4.69) is 45.1 Å². The van der Waals surface area contributed by atoms with E-state index in [0.29, 0.717) is 0 Å². The fourth-order valence-corrected chi connectivity index (χ4v) is 2.78. The van der Waals surface area contributed by atoms with Crippen LogP contribution in [0.4, 0.5) is 0 Å². The molecule has 2 aromatic heterocycles. The minimum atomic E-state index is 0.857. The zero-order valence-corrected chi connectivity index (χ0v) is 12.5. The molecule has 2 heterocycles. The van der Waals surface area contributed by atoms with Gasteiger partial charge in [0.2, 0.25) is 0 Å². The third-order valence-corrected chi connectivity index (χ3v) is 3.67. The summed E-state index contributed by atoms with van der Waals surface area (Å²) in [7, 11) is 0. The lowest BCUT2D eigenvalue weighted by molar-refractivity contribution is 0.867. The third-order valence-electron chi connectivity index (χ3n) is 3.21. The van der Waals surface area contributed by atoms with Gasteiger partial charge in [0.05, 0.1) is 11.7 Å². The van der Waals surface area contributed by atoms with E-state index in [1.165, 1.54) is 10.9 Å². The molecule has 3 rings (SSSR count). The maximum absolute atomic E-state index is 4.54. The molecule has 0 spiro atoms. The van der Waals surface area contributed by atoms with Crippen LogP contribution >= 0.6 is 15.9 Å². The molecule has 0 unspecified atom stereocenters. The first-order valence-corrected chi connectivity index (χ1v) is 7.08. The highest BCUT2D eigenvalue weighted by Gasteiger charge is 2.10. The molecule has 0 N–H and O–H groups in total. The van der Waals surface area contributed by atoms with Crippen molar-refractivity contribution in [3.8, 4) is 5.82 Å². The molecule has 0 atom stereocenters. The Balaban J connectivity index is 2.28. The summed E-state index contributed by atoms with van der Waals surface area (Å²) in [5.74, 6) is 0.857. The van der Waals surface area contributed by atoms with Crippen LogP contribution in [0.1, 0.15) is 18.2 Å². The van der Waals surface area contributed by atoms with Crippen molar-refractivity contribution in [2.45, 2.75) is 20.3 Å². The van der Waals surface area contributed by atoms with E-state index in [0.717, 1.165) is 27.9 Å². The van der Waals surface area contributed by atoms with E-state index in [4.69, 9.17) is 0 Å². The quantitative estimate of drug-likeness (QED) is 0.714. The highest BCUT2D eigenvalue weighted by Crippen LogP contribution is 2.26. The minimum Gasteiger partial charge on any atom is -0.234 e. The van der Waals surface area contributed by atoms with Crippen LogP contribution in [0.2, 0.25) is 0 Å². The van der Waals surface area contributed by atoms with Crippen molar-refractivity contribution in [2.24, 2.45) is 0 Å². The molecular formula is C15H14BrN3. The molecule has 0 fully saturated rings. The fraction of sp³-hybridized carbons (Fsp3) is 0.200. The molecule has 0 aliphatic carbocycles. The molecular weight excluding hydrogens is 302 g/mol. The highest BCUT2D eigenvalue weighted by molar-refractivity contribution is 9.10. The van der Waals surface area contributed by atoms with Gasteiger partial charge < -0.3 is 0 Å². The first-order valence-electron chi connectivity index (χ1n) is 6.29. The SMILES string of the molecule is CCc1cc(Br)cc2c1cnn2-c1cccc(C)n1. The second kappa shape index (κ2) is 4.78. The molecule has 3 aromatic rings. The molecule has 0 saturated heterocycles. The molecule has 96 valence electrons. The number of halogens is 1. The Kier molecular flexibility index (Phi) is 3.11. The second-order valence-corrected chi connectivity index (χ2v) is 5.46. The van der Waals surface area contributed by atoms with Crippen LogP contribution in [-0.2, 0) is 6.42 Å². The number of nitrogens with zero attached hydrogens (tertiary/aromatic N) is 3. The average molecular weight is 316 g/mol. The average Bonchev–Trinajstić information content (AvgIpc) is 2.81. The molecule has 1 aromatic carbocycles. The Morgan fingerprint density at radius 3 is 2.84 bits per heavy atom.